The minimum Gasteiger partial charge on any atom is -0.312 e. The third-order valence-corrected chi connectivity index (χ3v) is 2.88. The lowest BCUT2D eigenvalue weighted by atomic mass is 10.1. The third-order valence-electron chi connectivity index (χ3n) is 2.88. The van der Waals surface area contributed by atoms with Crippen LogP contribution in [-0.4, -0.2) is 30.6 Å². The van der Waals surface area contributed by atoms with E-state index in [0.717, 1.165) is 31.6 Å². The zero-order chi connectivity index (χ0) is 14.3. The van der Waals surface area contributed by atoms with E-state index in [1.165, 1.54) is 5.56 Å². The van der Waals surface area contributed by atoms with Crippen molar-refractivity contribution >= 4 is 0 Å². The summed E-state index contributed by atoms with van der Waals surface area (Å²) in [7, 11) is 2.12. The van der Waals surface area contributed by atoms with E-state index in [0.29, 0.717) is 0 Å². The first-order chi connectivity index (χ1) is 8.90. The van der Waals surface area contributed by atoms with E-state index < -0.39 is 0 Å². The van der Waals surface area contributed by atoms with Crippen molar-refractivity contribution in [3.8, 4) is 6.07 Å². The van der Waals surface area contributed by atoms with Crippen LogP contribution in [0.25, 0.3) is 0 Å². The molecule has 0 fully saturated rings. The SMILES string of the molecule is CN(CCCNC(C)(C)C)Cc1cccc(C#N)c1. The molecule has 0 saturated carbocycles. The molecule has 0 aliphatic carbocycles. The minimum atomic E-state index is 0.194. The van der Waals surface area contributed by atoms with Gasteiger partial charge in [-0.1, -0.05) is 12.1 Å². The van der Waals surface area contributed by atoms with Crippen LogP contribution in [0, 0.1) is 11.3 Å². The van der Waals surface area contributed by atoms with Crippen LogP contribution in [0.1, 0.15) is 38.3 Å². The highest BCUT2D eigenvalue weighted by Crippen LogP contribution is 2.07. The number of benzene rings is 1. The molecule has 0 aliphatic heterocycles. The van der Waals surface area contributed by atoms with E-state index in [1.807, 2.05) is 18.2 Å². The Hall–Kier alpha value is -1.37. The van der Waals surface area contributed by atoms with Gasteiger partial charge in [-0.25, -0.2) is 0 Å². The molecule has 1 aromatic carbocycles. The van der Waals surface area contributed by atoms with Crippen molar-refractivity contribution in [1.29, 1.82) is 5.26 Å². The van der Waals surface area contributed by atoms with Crippen molar-refractivity contribution in [1.82, 2.24) is 10.2 Å². The summed E-state index contributed by atoms with van der Waals surface area (Å²) >= 11 is 0. The number of hydrogen-bond donors (Lipinski definition) is 1. The fourth-order valence-electron chi connectivity index (χ4n) is 1.94. The summed E-state index contributed by atoms with van der Waals surface area (Å²) in [6, 6.07) is 10.0. The lowest BCUT2D eigenvalue weighted by Gasteiger charge is -2.22. The second-order valence-corrected chi connectivity index (χ2v) is 6.08. The van der Waals surface area contributed by atoms with Gasteiger partial charge in [-0.05, 0) is 65.0 Å². The molecular weight excluding hydrogens is 234 g/mol. The number of nitrogens with zero attached hydrogens (tertiary/aromatic N) is 2. The van der Waals surface area contributed by atoms with Crippen molar-refractivity contribution in [2.24, 2.45) is 0 Å². The van der Waals surface area contributed by atoms with Gasteiger partial charge in [0.1, 0.15) is 0 Å². The molecule has 104 valence electrons. The predicted molar refractivity (Wildman–Crippen MR) is 79.9 cm³/mol. The first-order valence-corrected chi connectivity index (χ1v) is 6.83. The Bertz CT molecular complexity index is 426. The van der Waals surface area contributed by atoms with E-state index >= 15 is 0 Å². The molecule has 1 rings (SSSR count). The normalized spacial score (nSPS) is 11.6. The number of hydrogen-bond acceptors (Lipinski definition) is 3. The van der Waals surface area contributed by atoms with Gasteiger partial charge in [0.25, 0.3) is 0 Å². The van der Waals surface area contributed by atoms with Crippen LogP contribution in [0.15, 0.2) is 24.3 Å². The largest absolute Gasteiger partial charge is 0.312 e. The van der Waals surface area contributed by atoms with Crippen molar-refractivity contribution < 1.29 is 0 Å². The molecule has 0 atom stereocenters. The van der Waals surface area contributed by atoms with Crippen LogP contribution in [0.2, 0.25) is 0 Å². The van der Waals surface area contributed by atoms with Crippen LogP contribution in [0.3, 0.4) is 0 Å². The molecule has 0 unspecified atom stereocenters. The molecule has 19 heavy (non-hydrogen) atoms. The Labute approximate surface area is 117 Å². The maximum Gasteiger partial charge on any atom is 0.0991 e. The highest BCUT2D eigenvalue weighted by Gasteiger charge is 2.08. The Balaban J connectivity index is 2.31. The van der Waals surface area contributed by atoms with Crippen LogP contribution in [0.5, 0.6) is 0 Å². The van der Waals surface area contributed by atoms with Gasteiger partial charge in [0.15, 0.2) is 0 Å². The summed E-state index contributed by atoms with van der Waals surface area (Å²) in [6.07, 6.45) is 1.13. The van der Waals surface area contributed by atoms with Gasteiger partial charge in [-0.2, -0.15) is 5.26 Å². The lowest BCUT2D eigenvalue weighted by Crippen LogP contribution is -2.37. The summed E-state index contributed by atoms with van der Waals surface area (Å²) in [4.78, 5) is 2.29. The molecule has 0 heterocycles. The quantitative estimate of drug-likeness (QED) is 0.798. The Morgan fingerprint density at radius 1 is 1.32 bits per heavy atom. The molecule has 0 amide bonds. The molecule has 0 saturated heterocycles. The maximum atomic E-state index is 8.87. The molecule has 1 N–H and O–H groups in total. The van der Waals surface area contributed by atoms with Gasteiger partial charge in [-0.3, -0.25) is 0 Å². The van der Waals surface area contributed by atoms with Crippen molar-refractivity contribution in [3.63, 3.8) is 0 Å². The zero-order valence-electron chi connectivity index (χ0n) is 12.5. The van der Waals surface area contributed by atoms with E-state index in [-0.39, 0.29) is 5.54 Å². The minimum absolute atomic E-state index is 0.194. The molecule has 0 bridgehead atoms. The summed E-state index contributed by atoms with van der Waals surface area (Å²) in [5.74, 6) is 0. The second-order valence-electron chi connectivity index (χ2n) is 6.08. The first-order valence-electron chi connectivity index (χ1n) is 6.83. The Morgan fingerprint density at radius 3 is 2.68 bits per heavy atom. The fourth-order valence-corrected chi connectivity index (χ4v) is 1.94. The molecule has 0 aromatic heterocycles. The predicted octanol–water partition coefficient (Wildman–Crippen LogP) is 2.77. The van der Waals surface area contributed by atoms with E-state index in [1.54, 1.807) is 0 Å². The average molecular weight is 259 g/mol. The zero-order valence-corrected chi connectivity index (χ0v) is 12.5. The molecule has 0 spiro atoms. The monoisotopic (exact) mass is 259 g/mol. The standard InChI is InChI=1S/C16H25N3/c1-16(2,3)18-9-6-10-19(4)13-15-8-5-7-14(11-15)12-17/h5,7-8,11,18H,6,9-10,13H2,1-4H3. The molecule has 0 radical (unpaired) electrons. The highest BCUT2D eigenvalue weighted by molar-refractivity contribution is 5.32. The first kappa shape index (κ1) is 15.7. The van der Waals surface area contributed by atoms with E-state index in [9.17, 15) is 0 Å². The molecule has 3 nitrogen and oxygen atoms in total. The lowest BCUT2D eigenvalue weighted by molar-refractivity contribution is 0.310. The highest BCUT2D eigenvalue weighted by atomic mass is 15.1. The van der Waals surface area contributed by atoms with Gasteiger partial charge < -0.3 is 10.2 Å². The van der Waals surface area contributed by atoms with Gasteiger partial charge >= 0.3 is 0 Å². The molecule has 1 aromatic rings. The topological polar surface area (TPSA) is 39.1 Å². The van der Waals surface area contributed by atoms with Crippen LogP contribution >= 0.6 is 0 Å². The van der Waals surface area contributed by atoms with Gasteiger partial charge in [0.2, 0.25) is 0 Å². The average Bonchev–Trinajstić information content (AvgIpc) is 2.34. The van der Waals surface area contributed by atoms with Crippen LogP contribution in [0.4, 0.5) is 0 Å². The smallest absolute Gasteiger partial charge is 0.0991 e. The van der Waals surface area contributed by atoms with Crippen molar-refractivity contribution in [3.05, 3.63) is 35.4 Å². The molecule has 0 aliphatic rings. The maximum absolute atomic E-state index is 8.87. The second kappa shape index (κ2) is 7.28. The number of nitrogens with one attached hydrogen (secondary N) is 1. The summed E-state index contributed by atoms with van der Waals surface area (Å²) in [5.41, 5.74) is 2.13. The summed E-state index contributed by atoms with van der Waals surface area (Å²) in [6.45, 7) is 9.54. The van der Waals surface area contributed by atoms with E-state index in [2.05, 4.69) is 50.2 Å². The summed E-state index contributed by atoms with van der Waals surface area (Å²) in [5, 5.41) is 12.4. The van der Waals surface area contributed by atoms with Gasteiger partial charge in [0.05, 0.1) is 11.6 Å². The Kier molecular flexibility index (Phi) is 6.01. The van der Waals surface area contributed by atoms with Crippen molar-refractivity contribution in [2.75, 3.05) is 20.1 Å². The van der Waals surface area contributed by atoms with Gasteiger partial charge in [0, 0.05) is 12.1 Å². The van der Waals surface area contributed by atoms with Crippen LogP contribution in [-0.2, 0) is 6.54 Å². The third kappa shape index (κ3) is 6.95. The van der Waals surface area contributed by atoms with E-state index in [4.69, 9.17) is 5.26 Å². The Morgan fingerprint density at radius 2 is 2.05 bits per heavy atom. The van der Waals surface area contributed by atoms with Crippen molar-refractivity contribution in [2.45, 2.75) is 39.3 Å². The molecule has 3 heteroatoms. The summed E-state index contributed by atoms with van der Waals surface area (Å²) < 4.78 is 0. The van der Waals surface area contributed by atoms with Gasteiger partial charge in [-0.15, -0.1) is 0 Å². The number of nitriles is 1. The number of rotatable bonds is 6. The fraction of sp³-hybridized carbons (Fsp3) is 0.562. The molecular formula is C16H25N3. The van der Waals surface area contributed by atoms with Crippen LogP contribution < -0.4 is 5.32 Å².